The standard InChI is InChI=1S/C16H18N2O7/c1-10(20)13-14(11-3-2-4-12(9-11)18(23)24)17(16(22)15(13)21)5-7-25-8-6-19/h2-4,9,14,19,21H,5-8H2,1H3. The summed E-state index contributed by atoms with van der Waals surface area (Å²) >= 11 is 0. The number of benzene rings is 1. The third-order valence-corrected chi connectivity index (χ3v) is 3.79. The number of carbonyl (C=O) groups excluding carboxylic acids is 2. The Morgan fingerprint density at radius 3 is 2.72 bits per heavy atom. The number of rotatable bonds is 8. The van der Waals surface area contributed by atoms with Gasteiger partial charge in [0.1, 0.15) is 0 Å². The van der Waals surface area contributed by atoms with Crippen LogP contribution in [0.1, 0.15) is 18.5 Å². The van der Waals surface area contributed by atoms with Crippen molar-refractivity contribution in [2.75, 3.05) is 26.4 Å². The molecule has 0 radical (unpaired) electrons. The molecule has 9 nitrogen and oxygen atoms in total. The number of carbonyl (C=O) groups is 2. The lowest BCUT2D eigenvalue weighted by Gasteiger charge is -2.26. The van der Waals surface area contributed by atoms with E-state index in [1.54, 1.807) is 6.07 Å². The van der Waals surface area contributed by atoms with Crippen molar-refractivity contribution in [1.82, 2.24) is 4.90 Å². The molecule has 1 amide bonds. The maximum absolute atomic E-state index is 12.3. The molecule has 1 atom stereocenters. The van der Waals surface area contributed by atoms with E-state index in [1.807, 2.05) is 0 Å². The van der Waals surface area contributed by atoms with Gasteiger partial charge in [-0.15, -0.1) is 0 Å². The summed E-state index contributed by atoms with van der Waals surface area (Å²) in [5, 5.41) is 29.8. The van der Waals surface area contributed by atoms with E-state index in [0.29, 0.717) is 5.56 Å². The van der Waals surface area contributed by atoms with Crippen LogP contribution in [0.2, 0.25) is 0 Å². The van der Waals surface area contributed by atoms with E-state index in [4.69, 9.17) is 9.84 Å². The molecule has 9 heteroatoms. The minimum Gasteiger partial charge on any atom is -0.503 e. The van der Waals surface area contributed by atoms with Crippen LogP contribution in [0.5, 0.6) is 0 Å². The highest BCUT2D eigenvalue weighted by Crippen LogP contribution is 2.38. The molecule has 1 aromatic carbocycles. The van der Waals surface area contributed by atoms with Gasteiger partial charge in [0.05, 0.1) is 36.4 Å². The first-order chi connectivity index (χ1) is 11.9. The highest BCUT2D eigenvalue weighted by atomic mass is 16.6. The number of aliphatic hydroxyl groups is 2. The number of ketones is 1. The Morgan fingerprint density at radius 2 is 2.12 bits per heavy atom. The van der Waals surface area contributed by atoms with Crippen LogP contribution >= 0.6 is 0 Å². The molecule has 0 saturated carbocycles. The molecule has 0 spiro atoms. The summed E-state index contributed by atoms with van der Waals surface area (Å²) in [6.07, 6.45) is 0. The molecular weight excluding hydrogens is 332 g/mol. The minimum absolute atomic E-state index is 0.0486. The average Bonchev–Trinajstić information content (AvgIpc) is 2.83. The van der Waals surface area contributed by atoms with Gasteiger partial charge in [0.25, 0.3) is 11.6 Å². The van der Waals surface area contributed by atoms with Crippen molar-refractivity contribution in [3.05, 3.63) is 51.3 Å². The van der Waals surface area contributed by atoms with Gasteiger partial charge in [0, 0.05) is 18.7 Å². The van der Waals surface area contributed by atoms with Crippen LogP contribution in [0.4, 0.5) is 5.69 Å². The fourth-order valence-electron chi connectivity index (χ4n) is 2.73. The van der Waals surface area contributed by atoms with Crippen LogP contribution in [0, 0.1) is 10.1 Å². The Hall–Kier alpha value is -2.78. The van der Waals surface area contributed by atoms with Crippen LogP contribution in [-0.2, 0) is 14.3 Å². The number of aliphatic hydroxyl groups excluding tert-OH is 2. The molecule has 2 rings (SSSR count). The molecule has 1 aliphatic heterocycles. The number of nitrogens with zero attached hydrogens (tertiary/aromatic N) is 2. The molecule has 1 aromatic rings. The SMILES string of the molecule is CC(=O)C1=C(O)C(=O)N(CCOCCO)C1c1cccc([N+](=O)[O-])c1. The zero-order chi connectivity index (χ0) is 18.6. The maximum Gasteiger partial charge on any atom is 0.290 e. The van der Waals surface area contributed by atoms with Crippen molar-refractivity contribution < 1.29 is 29.5 Å². The lowest BCUT2D eigenvalue weighted by molar-refractivity contribution is -0.384. The van der Waals surface area contributed by atoms with E-state index in [9.17, 15) is 24.8 Å². The van der Waals surface area contributed by atoms with Gasteiger partial charge in [-0.1, -0.05) is 12.1 Å². The Labute approximate surface area is 143 Å². The van der Waals surface area contributed by atoms with Crippen molar-refractivity contribution in [3.63, 3.8) is 0 Å². The normalized spacial score (nSPS) is 17.3. The largest absolute Gasteiger partial charge is 0.503 e. The van der Waals surface area contributed by atoms with Gasteiger partial charge in [-0.3, -0.25) is 19.7 Å². The van der Waals surface area contributed by atoms with Gasteiger partial charge >= 0.3 is 0 Å². The number of amides is 1. The summed E-state index contributed by atoms with van der Waals surface area (Å²) in [5.41, 5.74) is 0.0577. The zero-order valence-electron chi connectivity index (χ0n) is 13.5. The first-order valence-electron chi connectivity index (χ1n) is 7.56. The molecule has 1 unspecified atom stereocenters. The fourth-order valence-corrected chi connectivity index (χ4v) is 2.73. The van der Waals surface area contributed by atoms with E-state index >= 15 is 0 Å². The summed E-state index contributed by atoms with van der Waals surface area (Å²) in [6.45, 7) is 1.26. The zero-order valence-corrected chi connectivity index (χ0v) is 13.5. The predicted molar refractivity (Wildman–Crippen MR) is 85.8 cm³/mol. The molecule has 0 aromatic heterocycles. The lowest BCUT2D eigenvalue weighted by Crippen LogP contribution is -2.34. The molecule has 2 N–H and O–H groups in total. The molecule has 134 valence electrons. The van der Waals surface area contributed by atoms with Crippen molar-refractivity contribution in [2.24, 2.45) is 0 Å². The maximum atomic E-state index is 12.3. The number of hydrogen-bond acceptors (Lipinski definition) is 7. The second kappa shape index (κ2) is 7.86. The smallest absolute Gasteiger partial charge is 0.290 e. The Balaban J connectivity index is 2.39. The van der Waals surface area contributed by atoms with E-state index in [1.165, 1.54) is 30.0 Å². The molecular formula is C16H18N2O7. The number of nitro benzene ring substituents is 1. The van der Waals surface area contributed by atoms with Gasteiger partial charge in [-0.25, -0.2) is 0 Å². The van der Waals surface area contributed by atoms with Crippen molar-refractivity contribution in [1.29, 1.82) is 0 Å². The summed E-state index contributed by atoms with van der Waals surface area (Å²) in [4.78, 5) is 35.9. The quantitative estimate of drug-likeness (QED) is 0.404. The molecule has 1 aliphatic rings. The van der Waals surface area contributed by atoms with Gasteiger partial charge < -0.3 is 19.8 Å². The van der Waals surface area contributed by atoms with Crippen LogP contribution in [-0.4, -0.2) is 58.1 Å². The summed E-state index contributed by atoms with van der Waals surface area (Å²) < 4.78 is 5.13. The number of Topliss-reactive ketones (excluding diaryl/α,β-unsaturated/α-hetero) is 1. The highest BCUT2D eigenvalue weighted by Gasteiger charge is 2.42. The molecule has 1 heterocycles. The third-order valence-electron chi connectivity index (χ3n) is 3.79. The topological polar surface area (TPSA) is 130 Å². The van der Waals surface area contributed by atoms with Crippen LogP contribution in [0.3, 0.4) is 0 Å². The molecule has 0 saturated heterocycles. The van der Waals surface area contributed by atoms with Crippen LogP contribution in [0.15, 0.2) is 35.6 Å². The Bertz CT molecular complexity index is 729. The summed E-state index contributed by atoms with van der Waals surface area (Å²) in [5.74, 6) is -1.90. The summed E-state index contributed by atoms with van der Waals surface area (Å²) in [6, 6.07) is 4.63. The molecule has 0 bridgehead atoms. The van der Waals surface area contributed by atoms with Crippen molar-refractivity contribution >= 4 is 17.4 Å². The second-order valence-corrected chi connectivity index (χ2v) is 5.41. The first kappa shape index (κ1) is 18.6. The number of nitro groups is 1. The van der Waals surface area contributed by atoms with Crippen LogP contribution < -0.4 is 0 Å². The predicted octanol–water partition coefficient (Wildman–Crippen LogP) is 0.888. The van der Waals surface area contributed by atoms with E-state index in [2.05, 4.69) is 0 Å². The number of non-ortho nitro benzene ring substituents is 1. The molecule has 0 aliphatic carbocycles. The van der Waals surface area contributed by atoms with Gasteiger partial charge in [0.15, 0.2) is 11.5 Å². The van der Waals surface area contributed by atoms with E-state index < -0.39 is 28.4 Å². The van der Waals surface area contributed by atoms with Gasteiger partial charge in [-0.2, -0.15) is 0 Å². The average molecular weight is 350 g/mol. The Morgan fingerprint density at radius 1 is 1.40 bits per heavy atom. The third kappa shape index (κ3) is 3.83. The minimum atomic E-state index is -0.928. The van der Waals surface area contributed by atoms with Crippen LogP contribution in [0.25, 0.3) is 0 Å². The second-order valence-electron chi connectivity index (χ2n) is 5.41. The van der Waals surface area contributed by atoms with E-state index in [0.717, 1.165) is 0 Å². The number of ether oxygens (including phenoxy) is 1. The van der Waals surface area contributed by atoms with Gasteiger partial charge in [-0.05, 0) is 12.5 Å². The molecule has 25 heavy (non-hydrogen) atoms. The monoisotopic (exact) mass is 350 g/mol. The fraction of sp³-hybridized carbons (Fsp3) is 0.375. The lowest BCUT2D eigenvalue weighted by atomic mass is 9.96. The van der Waals surface area contributed by atoms with Crippen molar-refractivity contribution in [2.45, 2.75) is 13.0 Å². The first-order valence-corrected chi connectivity index (χ1v) is 7.56. The van der Waals surface area contributed by atoms with Gasteiger partial charge in [0.2, 0.25) is 0 Å². The molecule has 0 fully saturated rings. The Kier molecular flexibility index (Phi) is 5.84. The van der Waals surface area contributed by atoms with E-state index in [-0.39, 0.29) is 37.6 Å². The number of hydrogen-bond donors (Lipinski definition) is 2. The highest BCUT2D eigenvalue weighted by molar-refractivity contribution is 6.08. The summed E-state index contributed by atoms with van der Waals surface area (Å²) in [7, 11) is 0. The van der Waals surface area contributed by atoms with Crippen molar-refractivity contribution in [3.8, 4) is 0 Å².